The fraction of sp³-hybridized carbons (Fsp3) is 0.111. The van der Waals surface area contributed by atoms with Gasteiger partial charge in [-0.05, 0) is 25.5 Å². The number of aromatic nitrogens is 3. The van der Waals surface area contributed by atoms with E-state index < -0.39 is 5.91 Å². The topological polar surface area (TPSA) is 102 Å². The first-order valence-electron chi connectivity index (χ1n) is 7.78. The van der Waals surface area contributed by atoms with Crippen LogP contribution in [0.2, 0.25) is 0 Å². The van der Waals surface area contributed by atoms with Gasteiger partial charge in [0, 0.05) is 12.4 Å². The van der Waals surface area contributed by atoms with Gasteiger partial charge in [0.2, 0.25) is 5.91 Å². The molecule has 0 aliphatic heterocycles. The van der Waals surface area contributed by atoms with Crippen molar-refractivity contribution in [2.45, 2.75) is 13.8 Å². The predicted octanol–water partition coefficient (Wildman–Crippen LogP) is 3.04. The number of rotatable bonds is 5. The second-order valence-corrected chi connectivity index (χ2v) is 6.56. The van der Waals surface area contributed by atoms with Crippen LogP contribution in [0.4, 0.5) is 5.69 Å². The Kier molecular flexibility index (Phi) is 4.68. The number of pyridine rings is 1. The van der Waals surface area contributed by atoms with E-state index in [2.05, 4.69) is 22.0 Å². The first kappa shape index (κ1) is 17.6. The summed E-state index contributed by atoms with van der Waals surface area (Å²) in [6, 6.07) is 1.51. The lowest BCUT2D eigenvalue weighted by molar-refractivity contribution is 0.0996. The summed E-state index contributed by atoms with van der Waals surface area (Å²) in [5, 5.41) is 7.01. The van der Waals surface area contributed by atoms with Gasteiger partial charge >= 0.3 is 0 Å². The van der Waals surface area contributed by atoms with Crippen molar-refractivity contribution in [2.24, 2.45) is 5.73 Å². The smallest absolute Gasteiger partial charge is 0.260 e. The third-order valence-corrected chi connectivity index (χ3v) is 5.04. The van der Waals surface area contributed by atoms with Crippen molar-refractivity contribution in [2.75, 3.05) is 5.32 Å². The second-order valence-electron chi connectivity index (χ2n) is 5.53. The molecule has 3 rings (SSSR count). The average Bonchev–Trinajstić information content (AvgIpc) is 3.18. The van der Waals surface area contributed by atoms with E-state index in [1.165, 1.54) is 29.8 Å². The summed E-state index contributed by atoms with van der Waals surface area (Å²) in [7, 11) is 0. The number of amides is 2. The van der Waals surface area contributed by atoms with Crippen molar-refractivity contribution in [3.63, 3.8) is 0 Å². The Morgan fingerprint density at radius 3 is 2.81 bits per heavy atom. The molecule has 0 spiro atoms. The molecule has 7 nitrogen and oxygen atoms in total. The summed E-state index contributed by atoms with van der Waals surface area (Å²) in [5.74, 6) is -0.937. The van der Waals surface area contributed by atoms with Gasteiger partial charge in [-0.1, -0.05) is 18.7 Å². The third-order valence-electron chi connectivity index (χ3n) is 3.88. The summed E-state index contributed by atoms with van der Waals surface area (Å²) in [6.07, 6.45) is 8.45. The van der Waals surface area contributed by atoms with Crippen molar-refractivity contribution in [3.05, 3.63) is 65.1 Å². The van der Waals surface area contributed by atoms with Gasteiger partial charge in [-0.15, -0.1) is 11.3 Å². The second kappa shape index (κ2) is 6.93. The maximum atomic E-state index is 12.7. The molecule has 0 unspecified atom stereocenters. The van der Waals surface area contributed by atoms with Gasteiger partial charge in [0.25, 0.3) is 5.91 Å². The van der Waals surface area contributed by atoms with E-state index in [0.29, 0.717) is 16.9 Å². The zero-order valence-electron chi connectivity index (χ0n) is 14.3. The number of carbonyl (C=O) groups is 2. The first-order chi connectivity index (χ1) is 12.4. The Bertz CT molecular complexity index is 1060. The van der Waals surface area contributed by atoms with Gasteiger partial charge < -0.3 is 11.1 Å². The van der Waals surface area contributed by atoms with Crippen molar-refractivity contribution < 1.29 is 9.59 Å². The number of allylic oxidation sites excluding steroid dienone is 3. The lowest BCUT2D eigenvalue weighted by atomic mass is 10.2. The zero-order chi connectivity index (χ0) is 18.8. The van der Waals surface area contributed by atoms with Gasteiger partial charge in [0.05, 0.1) is 33.6 Å². The Balaban J connectivity index is 1.95. The molecule has 0 radical (unpaired) electrons. The van der Waals surface area contributed by atoms with Crippen LogP contribution >= 0.6 is 11.3 Å². The zero-order valence-corrected chi connectivity index (χ0v) is 15.1. The fourth-order valence-corrected chi connectivity index (χ4v) is 3.55. The number of primary amides is 1. The molecule has 2 amide bonds. The number of hydrogen-bond acceptors (Lipinski definition) is 5. The van der Waals surface area contributed by atoms with E-state index in [0.717, 1.165) is 15.3 Å². The van der Waals surface area contributed by atoms with Crippen LogP contribution in [0.25, 0.3) is 10.4 Å². The molecule has 0 aliphatic carbocycles. The maximum absolute atomic E-state index is 12.7. The molecule has 3 aromatic rings. The van der Waals surface area contributed by atoms with E-state index in [4.69, 9.17) is 5.73 Å². The van der Waals surface area contributed by atoms with Crippen molar-refractivity contribution in [1.29, 1.82) is 0 Å². The molecule has 0 aliphatic rings. The fourth-order valence-electron chi connectivity index (χ4n) is 2.42. The average molecular weight is 367 g/mol. The highest BCUT2D eigenvalue weighted by atomic mass is 32.1. The first-order valence-corrected chi connectivity index (χ1v) is 8.60. The molecular formula is C18H17N5O2S. The minimum Gasteiger partial charge on any atom is -0.366 e. The highest BCUT2D eigenvalue weighted by Gasteiger charge is 2.18. The number of aryl methyl sites for hydroxylation is 1. The summed E-state index contributed by atoms with van der Waals surface area (Å²) < 4.78 is 1.66. The van der Waals surface area contributed by atoms with Crippen molar-refractivity contribution >= 4 is 39.2 Å². The SMILES string of the molecule is C=C/C(=C\C)c1cn2ncc(C(=O)Nc3cc(C(N)=O)cnc3C)c2s1. The molecule has 3 N–H and O–H groups in total. The molecule has 3 heterocycles. The van der Waals surface area contributed by atoms with Crippen LogP contribution in [-0.4, -0.2) is 26.4 Å². The van der Waals surface area contributed by atoms with Crippen LogP contribution in [0.15, 0.2) is 43.4 Å². The number of hydrogen-bond donors (Lipinski definition) is 2. The van der Waals surface area contributed by atoms with E-state index in [-0.39, 0.29) is 11.5 Å². The van der Waals surface area contributed by atoms with E-state index in [1.807, 2.05) is 19.2 Å². The van der Waals surface area contributed by atoms with Gasteiger partial charge in [-0.25, -0.2) is 4.52 Å². The van der Waals surface area contributed by atoms with Crippen LogP contribution in [0.1, 0.15) is 38.2 Å². The van der Waals surface area contributed by atoms with Crippen LogP contribution in [0.5, 0.6) is 0 Å². The maximum Gasteiger partial charge on any atom is 0.260 e. The normalized spacial score (nSPS) is 11.5. The van der Waals surface area contributed by atoms with Gasteiger partial charge in [-0.2, -0.15) is 5.10 Å². The summed E-state index contributed by atoms with van der Waals surface area (Å²) >= 11 is 1.45. The lowest BCUT2D eigenvalue weighted by Crippen LogP contribution is -2.16. The Morgan fingerprint density at radius 1 is 1.38 bits per heavy atom. The lowest BCUT2D eigenvalue weighted by Gasteiger charge is -2.08. The molecule has 0 fully saturated rings. The molecule has 3 aromatic heterocycles. The van der Waals surface area contributed by atoms with Crippen LogP contribution in [0.3, 0.4) is 0 Å². The molecule has 0 bridgehead atoms. The summed E-state index contributed by atoms with van der Waals surface area (Å²) in [6.45, 7) is 7.45. The molecule has 132 valence electrons. The number of nitrogens with two attached hydrogens (primary N) is 1. The Hall–Kier alpha value is -3.26. The van der Waals surface area contributed by atoms with Crippen molar-refractivity contribution in [1.82, 2.24) is 14.6 Å². The van der Waals surface area contributed by atoms with Gasteiger partial charge in [0.15, 0.2) is 0 Å². The van der Waals surface area contributed by atoms with Crippen molar-refractivity contribution in [3.8, 4) is 0 Å². The standard InChI is InChI=1S/C18H17N5O2S/c1-4-11(5-2)15-9-23-18(26-15)13(8-21-23)17(25)22-14-6-12(16(19)24)7-20-10(14)3/h4-9H,1H2,2-3H3,(H2,19,24)(H,22,25)/b11-5+. The van der Waals surface area contributed by atoms with E-state index >= 15 is 0 Å². The van der Waals surface area contributed by atoms with E-state index in [1.54, 1.807) is 17.5 Å². The Labute approximate surface area is 153 Å². The van der Waals surface area contributed by atoms with E-state index in [9.17, 15) is 9.59 Å². The quantitative estimate of drug-likeness (QED) is 0.677. The predicted molar refractivity (Wildman–Crippen MR) is 102 cm³/mol. The molecule has 0 aromatic carbocycles. The summed E-state index contributed by atoms with van der Waals surface area (Å²) in [4.78, 5) is 29.8. The van der Waals surface area contributed by atoms with Gasteiger partial charge in [-0.3, -0.25) is 14.6 Å². The molecule has 8 heteroatoms. The third kappa shape index (κ3) is 3.14. The molecule has 0 saturated heterocycles. The number of thiazole rings is 1. The highest BCUT2D eigenvalue weighted by Crippen LogP contribution is 2.28. The van der Waals surface area contributed by atoms with Crippen LogP contribution in [-0.2, 0) is 0 Å². The number of anilines is 1. The van der Waals surface area contributed by atoms with Crippen LogP contribution < -0.4 is 11.1 Å². The highest BCUT2D eigenvalue weighted by molar-refractivity contribution is 7.18. The molecule has 0 saturated carbocycles. The van der Waals surface area contributed by atoms with Gasteiger partial charge in [0.1, 0.15) is 4.83 Å². The van der Waals surface area contributed by atoms with Crippen LogP contribution in [0, 0.1) is 6.92 Å². The number of fused-ring (bicyclic) bond motifs is 1. The minimum absolute atomic E-state index is 0.230. The Morgan fingerprint density at radius 2 is 2.15 bits per heavy atom. The molecule has 0 atom stereocenters. The number of nitrogens with zero attached hydrogens (tertiary/aromatic N) is 3. The molecule has 26 heavy (non-hydrogen) atoms. The largest absolute Gasteiger partial charge is 0.366 e. The number of carbonyl (C=O) groups excluding carboxylic acids is 2. The minimum atomic E-state index is -0.605. The monoisotopic (exact) mass is 367 g/mol. The molecular weight excluding hydrogens is 350 g/mol. The number of nitrogens with one attached hydrogen (secondary N) is 1. The summed E-state index contributed by atoms with van der Waals surface area (Å²) in [5.41, 5.74) is 7.93.